The van der Waals surface area contributed by atoms with Gasteiger partial charge in [0.15, 0.2) is 0 Å². The molecule has 0 saturated heterocycles. The number of aliphatic hydroxyl groups is 1. The highest BCUT2D eigenvalue weighted by atomic mass is 32.2. The number of carbonyl (C=O) groups excluding carboxylic acids is 1. The predicted octanol–water partition coefficient (Wildman–Crippen LogP) is 1.85. The van der Waals surface area contributed by atoms with E-state index in [9.17, 15) is 13.4 Å². The van der Waals surface area contributed by atoms with Gasteiger partial charge < -0.3 is 15.7 Å². The maximum atomic E-state index is 13.6. The second-order valence-corrected chi connectivity index (χ2v) is 5.81. The summed E-state index contributed by atoms with van der Waals surface area (Å²) in [6.07, 6.45) is 2.65. The number of hydrogen-bond donors (Lipinski definition) is 3. The van der Waals surface area contributed by atoms with Gasteiger partial charge in [0, 0.05) is 24.6 Å². The lowest BCUT2D eigenvalue weighted by molar-refractivity contribution is 0.245. The van der Waals surface area contributed by atoms with E-state index in [1.807, 2.05) is 6.92 Å². The zero-order valence-corrected chi connectivity index (χ0v) is 12.3. The molecule has 1 rings (SSSR count). The molecule has 112 valence electrons. The van der Waals surface area contributed by atoms with E-state index in [-0.39, 0.29) is 17.5 Å². The summed E-state index contributed by atoms with van der Waals surface area (Å²) < 4.78 is 24.8. The van der Waals surface area contributed by atoms with E-state index >= 15 is 0 Å². The highest BCUT2D eigenvalue weighted by molar-refractivity contribution is 7.84. The predicted molar refractivity (Wildman–Crippen MR) is 76.7 cm³/mol. The molecule has 0 aliphatic carbocycles. The standard InChI is InChI=1S/C13H19FN2O3S/c1-9(4-3-7-17)15-13(18)16-10-5-6-12(20(2)19)11(14)8-10/h5-6,8-9,17H,3-4,7H2,1-2H3,(H2,15,16,18). The molecule has 2 amide bonds. The lowest BCUT2D eigenvalue weighted by atomic mass is 10.2. The number of rotatable bonds is 6. The average Bonchev–Trinajstić information content (AvgIpc) is 2.35. The molecule has 1 aromatic rings. The number of aliphatic hydroxyl groups excluding tert-OH is 1. The molecule has 0 radical (unpaired) electrons. The molecule has 0 aromatic heterocycles. The maximum Gasteiger partial charge on any atom is 0.319 e. The van der Waals surface area contributed by atoms with Crippen LogP contribution in [0.5, 0.6) is 0 Å². The fourth-order valence-electron chi connectivity index (χ4n) is 1.67. The summed E-state index contributed by atoms with van der Waals surface area (Å²) in [6.45, 7) is 1.90. The highest BCUT2D eigenvalue weighted by Gasteiger charge is 2.10. The molecule has 0 aliphatic rings. The second kappa shape index (κ2) is 7.96. The third-order valence-electron chi connectivity index (χ3n) is 2.67. The minimum atomic E-state index is -1.40. The number of amides is 2. The Bertz CT molecular complexity index is 497. The fourth-order valence-corrected chi connectivity index (χ4v) is 2.27. The second-order valence-electron chi connectivity index (χ2n) is 4.46. The van der Waals surface area contributed by atoms with Crippen LogP contribution in [0.3, 0.4) is 0 Å². The van der Waals surface area contributed by atoms with Crippen LogP contribution in [0.1, 0.15) is 19.8 Å². The minimum Gasteiger partial charge on any atom is -0.396 e. The number of carbonyl (C=O) groups is 1. The largest absolute Gasteiger partial charge is 0.396 e. The Hall–Kier alpha value is -1.47. The number of urea groups is 1. The van der Waals surface area contributed by atoms with Crippen molar-refractivity contribution in [2.24, 2.45) is 0 Å². The number of anilines is 1. The van der Waals surface area contributed by atoms with Crippen LogP contribution in [0, 0.1) is 5.82 Å². The van der Waals surface area contributed by atoms with Crippen molar-refractivity contribution in [3.63, 3.8) is 0 Å². The lowest BCUT2D eigenvalue weighted by Crippen LogP contribution is -2.36. The Morgan fingerprint density at radius 2 is 2.20 bits per heavy atom. The Balaban J connectivity index is 2.58. The van der Waals surface area contributed by atoms with Gasteiger partial charge >= 0.3 is 6.03 Å². The third kappa shape index (κ3) is 5.26. The van der Waals surface area contributed by atoms with Crippen molar-refractivity contribution < 1.29 is 18.5 Å². The molecule has 0 spiro atoms. The van der Waals surface area contributed by atoms with Crippen LogP contribution in [0.2, 0.25) is 0 Å². The van der Waals surface area contributed by atoms with Crippen LogP contribution in [0.4, 0.5) is 14.9 Å². The molecule has 20 heavy (non-hydrogen) atoms. The van der Waals surface area contributed by atoms with E-state index < -0.39 is 22.6 Å². The van der Waals surface area contributed by atoms with Crippen molar-refractivity contribution in [3.8, 4) is 0 Å². The van der Waals surface area contributed by atoms with Crippen LogP contribution in [-0.4, -0.2) is 34.3 Å². The molecule has 0 bridgehead atoms. The van der Waals surface area contributed by atoms with Gasteiger partial charge in [0.2, 0.25) is 0 Å². The van der Waals surface area contributed by atoms with Crippen molar-refractivity contribution in [1.82, 2.24) is 5.32 Å². The summed E-state index contributed by atoms with van der Waals surface area (Å²) in [6, 6.07) is 3.48. The molecule has 3 N–H and O–H groups in total. The summed E-state index contributed by atoms with van der Waals surface area (Å²) in [5.74, 6) is -0.614. The molecule has 0 aliphatic heterocycles. The Morgan fingerprint density at radius 3 is 2.75 bits per heavy atom. The van der Waals surface area contributed by atoms with Gasteiger partial charge in [-0.2, -0.15) is 0 Å². The van der Waals surface area contributed by atoms with E-state index in [1.54, 1.807) is 0 Å². The van der Waals surface area contributed by atoms with Crippen LogP contribution < -0.4 is 10.6 Å². The average molecular weight is 302 g/mol. The van der Waals surface area contributed by atoms with E-state index in [2.05, 4.69) is 10.6 Å². The zero-order valence-electron chi connectivity index (χ0n) is 11.5. The first-order valence-corrected chi connectivity index (χ1v) is 7.81. The van der Waals surface area contributed by atoms with Crippen molar-refractivity contribution in [3.05, 3.63) is 24.0 Å². The van der Waals surface area contributed by atoms with Crippen molar-refractivity contribution in [2.45, 2.75) is 30.7 Å². The summed E-state index contributed by atoms with van der Waals surface area (Å²) in [5, 5.41) is 13.9. The van der Waals surface area contributed by atoms with Crippen LogP contribution in [0.15, 0.2) is 23.1 Å². The molecule has 0 heterocycles. The number of nitrogens with one attached hydrogen (secondary N) is 2. The van der Waals surface area contributed by atoms with Gasteiger partial charge in [0.1, 0.15) is 5.82 Å². The molecule has 7 heteroatoms. The smallest absolute Gasteiger partial charge is 0.319 e. The summed E-state index contributed by atoms with van der Waals surface area (Å²) in [7, 11) is -1.40. The van der Waals surface area contributed by atoms with Crippen molar-refractivity contribution in [1.29, 1.82) is 0 Å². The van der Waals surface area contributed by atoms with E-state index in [0.717, 1.165) is 6.07 Å². The Kier molecular flexibility index (Phi) is 6.60. The molecule has 0 fully saturated rings. The zero-order chi connectivity index (χ0) is 15.1. The minimum absolute atomic E-state index is 0.0778. The molecular formula is C13H19FN2O3S. The Morgan fingerprint density at radius 1 is 1.50 bits per heavy atom. The van der Waals surface area contributed by atoms with Crippen molar-refractivity contribution in [2.75, 3.05) is 18.2 Å². The van der Waals surface area contributed by atoms with Crippen LogP contribution in [-0.2, 0) is 10.8 Å². The van der Waals surface area contributed by atoms with E-state index in [1.165, 1.54) is 18.4 Å². The molecule has 1 aromatic carbocycles. The van der Waals surface area contributed by atoms with Gasteiger partial charge in [0.05, 0.1) is 15.7 Å². The molecular weight excluding hydrogens is 283 g/mol. The highest BCUT2D eigenvalue weighted by Crippen LogP contribution is 2.16. The molecule has 0 saturated carbocycles. The van der Waals surface area contributed by atoms with Crippen LogP contribution >= 0.6 is 0 Å². The van der Waals surface area contributed by atoms with Gasteiger partial charge in [0.25, 0.3) is 0 Å². The van der Waals surface area contributed by atoms with E-state index in [0.29, 0.717) is 18.5 Å². The van der Waals surface area contributed by atoms with Gasteiger partial charge in [-0.05, 0) is 38.0 Å². The van der Waals surface area contributed by atoms with E-state index in [4.69, 9.17) is 5.11 Å². The normalized spacial score (nSPS) is 13.6. The first-order chi connectivity index (χ1) is 9.43. The van der Waals surface area contributed by atoms with Gasteiger partial charge in [-0.1, -0.05) is 0 Å². The Labute approximate surface area is 120 Å². The summed E-state index contributed by atoms with van der Waals surface area (Å²) in [4.78, 5) is 11.8. The first kappa shape index (κ1) is 16.6. The SMILES string of the molecule is CC(CCCO)NC(=O)Nc1ccc(S(C)=O)c(F)c1. The quantitative estimate of drug-likeness (QED) is 0.750. The third-order valence-corrected chi connectivity index (χ3v) is 3.62. The molecule has 5 nitrogen and oxygen atoms in total. The van der Waals surface area contributed by atoms with Crippen LogP contribution in [0.25, 0.3) is 0 Å². The van der Waals surface area contributed by atoms with Crippen molar-refractivity contribution >= 4 is 22.5 Å². The van der Waals surface area contributed by atoms with Gasteiger partial charge in [-0.3, -0.25) is 4.21 Å². The molecule has 2 atom stereocenters. The first-order valence-electron chi connectivity index (χ1n) is 6.25. The fraction of sp³-hybridized carbons (Fsp3) is 0.462. The topological polar surface area (TPSA) is 78.4 Å². The lowest BCUT2D eigenvalue weighted by Gasteiger charge is -2.14. The molecule has 2 unspecified atom stereocenters. The summed E-state index contributed by atoms with van der Waals surface area (Å²) in [5.41, 5.74) is 0.295. The summed E-state index contributed by atoms with van der Waals surface area (Å²) >= 11 is 0. The number of halogens is 1. The maximum absolute atomic E-state index is 13.6. The van der Waals surface area contributed by atoms with Gasteiger partial charge in [-0.25, -0.2) is 9.18 Å². The number of hydrogen-bond acceptors (Lipinski definition) is 3. The van der Waals surface area contributed by atoms with Gasteiger partial charge in [-0.15, -0.1) is 0 Å². The number of benzene rings is 1. The monoisotopic (exact) mass is 302 g/mol.